The van der Waals surface area contributed by atoms with E-state index >= 15 is 0 Å². The van der Waals surface area contributed by atoms with Gasteiger partial charge in [0.05, 0.1) is 7.11 Å². The van der Waals surface area contributed by atoms with Gasteiger partial charge in [0.15, 0.2) is 0 Å². The smallest absolute Gasteiger partial charge is 0.246 e. The molecule has 0 spiro atoms. The molecule has 2 aromatic carbocycles. The van der Waals surface area contributed by atoms with Crippen LogP contribution in [-0.4, -0.2) is 26.9 Å². The zero-order chi connectivity index (χ0) is 16.3. The van der Waals surface area contributed by atoms with Crippen molar-refractivity contribution in [1.82, 2.24) is 4.31 Å². The van der Waals surface area contributed by atoms with Crippen LogP contribution in [0.25, 0.3) is 0 Å². The van der Waals surface area contributed by atoms with Crippen LogP contribution in [0.1, 0.15) is 5.56 Å². The Balaban J connectivity index is 2.33. The third kappa shape index (κ3) is 3.26. The fraction of sp³-hybridized carbons (Fsp3) is 0.200. The van der Waals surface area contributed by atoms with E-state index < -0.39 is 21.7 Å². The van der Waals surface area contributed by atoms with Gasteiger partial charge in [0.2, 0.25) is 10.0 Å². The fourth-order valence-electron chi connectivity index (χ4n) is 1.97. The predicted molar refractivity (Wildman–Crippen MR) is 78.0 cm³/mol. The molecule has 0 aliphatic heterocycles. The first kappa shape index (κ1) is 16.4. The van der Waals surface area contributed by atoms with E-state index in [4.69, 9.17) is 4.74 Å². The van der Waals surface area contributed by atoms with Gasteiger partial charge in [-0.2, -0.15) is 4.31 Å². The van der Waals surface area contributed by atoms with Crippen LogP contribution < -0.4 is 4.74 Å². The van der Waals surface area contributed by atoms with Crippen molar-refractivity contribution in [1.29, 1.82) is 0 Å². The van der Waals surface area contributed by atoms with Crippen molar-refractivity contribution < 1.29 is 21.9 Å². The summed E-state index contributed by atoms with van der Waals surface area (Å²) in [5.41, 5.74) is 0.0855. The van der Waals surface area contributed by atoms with Gasteiger partial charge in [0.1, 0.15) is 22.3 Å². The van der Waals surface area contributed by atoms with Gasteiger partial charge in [-0.05, 0) is 18.2 Å². The van der Waals surface area contributed by atoms with Crippen molar-refractivity contribution in [3.63, 3.8) is 0 Å². The Morgan fingerprint density at radius 3 is 2.45 bits per heavy atom. The molecule has 0 fully saturated rings. The molecule has 0 aromatic heterocycles. The van der Waals surface area contributed by atoms with Crippen LogP contribution in [-0.2, 0) is 16.6 Å². The Morgan fingerprint density at radius 1 is 1.14 bits per heavy atom. The summed E-state index contributed by atoms with van der Waals surface area (Å²) in [6.45, 7) is -0.216. The Kier molecular flexibility index (Phi) is 4.77. The van der Waals surface area contributed by atoms with Gasteiger partial charge in [-0.15, -0.1) is 0 Å². The maximum absolute atomic E-state index is 13.7. The number of hydrogen-bond donors (Lipinski definition) is 0. The summed E-state index contributed by atoms with van der Waals surface area (Å²) in [6.07, 6.45) is 0. The second-order valence-corrected chi connectivity index (χ2v) is 6.66. The number of ether oxygens (including phenoxy) is 1. The summed E-state index contributed by atoms with van der Waals surface area (Å²) in [5, 5.41) is 0. The van der Waals surface area contributed by atoms with E-state index in [1.165, 1.54) is 32.4 Å². The second-order valence-electron chi connectivity index (χ2n) is 4.65. The number of methoxy groups -OCH3 is 1. The van der Waals surface area contributed by atoms with Gasteiger partial charge in [0, 0.05) is 25.2 Å². The molecule has 0 aliphatic rings. The molecule has 0 radical (unpaired) electrons. The number of sulfonamides is 1. The fourth-order valence-corrected chi connectivity index (χ4v) is 3.28. The topological polar surface area (TPSA) is 46.6 Å². The second kappa shape index (κ2) is 6.41. The molecular formula is C15H15F2NO3S. The highest BCUT2D eigenvalue weighted by atomic mass is 32.2. The number of hydrogen-bond acceptors (Lipinski definition) is 3. The van der Waals surface area contributed by atoms with Crippen LogP contribution in [0.3, 0.4) is 0 Å². The van der Waals surface area contributed by atoms with Crippen LogP contribution in [0.15, 0.2) is 47.4 Å². The van der Waals surface area contributed by atoms with Gasteiger partial charge >= 0.3 is 0 Å². The van der Waals surface area contributed by atoms with E-state index in [9.17, 15) is 17.2 Å². The van der Waals surface area contributed by atoms with E-state index in [1.54, 1.807) is 12.1 Å². The normalized spacial score (nSPS) is 11.7. The number of rotatable bonds is 5. The largest absolute Gasteiger partial charge is 0.495 e. The van der Waals surface area contributed by atoms with Gasteiger partial charge in [0.25, 0.3) is 0 Å². The summed E-state index contributed by atoms with van der Waals surface area (Å²) in [7, 11) is -1.17. The van der Waals surface area contributed by atoms with Crippen LogP contribution in [0.2, 0.25) is 0 Å². The first-order chi connectivity index (χ1) is 10.4. The Hall–Kier alpha value is -1.99. The summed E-state index contributed by atoms with van der Waals surface area (Å²) in [4.78, 5) is -0.0116. The minimum Gasteiger partial charge on any atom is -0.495 e. The zero-order valence-corrected chi connectivity index (χ0v) is 12.9. The molecule has 0 saturated carbocycles. The molecule has 4 nitrogen and oxygen atoms in total. The third-order valence-electron chi connectivity index (χ3n) is 3.17. The van der Waals surface area contributed by atoms with E-state index in [1.807, 2.05) is 0 Å². The summed E-state index contributed by atoms with van der Waals surface area (Å²) < 4.78 is 57.7. The van der Waals surface area contributed by atoms with E-state index in [-0.39, 0.29) is 22.8 Å². The molecular weight excluding hydrogens is 312 g/mol. The summed E-state index contributed by atoms with van der Waals surface area (Å²) in [6, 6.07) is 9.18. The first-order valence-electron chi connectivity index (χ1n) is 6.39. The molecule has 118 valence electrons. The predicted octanol–water partition coefficient (Wildman–Crippen LogP) is 2.79. The van der Waals surface area contributed by atoms with Crippen LogP contribution in [0.5, 0.6) is 5.75 Å². The van der Waals surface area contributed by atoms with E-state index in [0.29, 0.717) is 0 Å². The quantitative estimate of drug-likeness (QED) is 0.848. The highest BCUT2D eigenvalue weighted by Crippen LogP contribution is 2.26. The molecule has 0 unspecified atom stereocenters. The van der Waals surface area contributed by atoms with Crippen molar-refractivity contribution in [2.24, 2.45) is 0 Å². The van der Waals surface area contributed by atoms with Crippen molar-refractivity contribution in [2.45, 2.75) is 11.4 Å². The lowest BCUT2D eigenvalue weighted by Crippen LogP contribution is -2.27. The van der Waals surface area contributed by atoms with Crippen molar-refractivity contribution in [2.75, 3.05) is 14.2 Å². The standard InChI is InChI=1S/C15H15F2NO3S/c1-18(10-11-7-8-12(16)9-13(11)17)22(19,20)15-6-4-3-5-14(15)21-2/h3-9H,10H2,1-2H3. The first-order valence-corrected chi connectivity index (χ1v) is 7.83. The minimum atomic E-state index is -3.86. The summed E-state index contributed by atoms with van der Waals surface area (Å²) >= 11 is 0. The van der Waals surface area contributed by atoms with Gasteiger partial charge in [-0.25, -0.2) is 17.2 Å². The monoisotopic (exact) mass is 327 g/mol. The third-order valence-corrected chi connectivity index (χ3v) is 5.01. The Bertz CT molecular complexity index is 778. The van der Waals surface area contributed by atoms with Gasteiger partial charge in [-0.3, -0.25) is 0 Å². The number of para-hydroxylation sites is 1. The highest BCUT2D eigenvalue weighted by Gasteiger charge is 2.25. The number of benzene rings is 2. The van der Waals surface area contributed by atoms with Crippen LogP contribution in [0, 0.1) is 11.6 Å². The minimum absolute atomic E-state index is 0.0116. The summed E-state index contributed by atoms with van der Waals surface area (Å²) in [5.74, 6) is -1.30. The molecule has 0 N–H and O–H groups in total. The molecule has 0 bridgehead atoms. The maximum atomic E-state index is 13.7. The molecule has 0 amide bonds. The molecule has 0 heterocycles. The molecule has 22 heavy (non-hydrogen) atoms. The van der Waals surface area contributed by atoms with Crippen molar-refractivity contribution >= 4 is 10.0 Å². The molecule has 0 saturated heterocycles. The average molecular weight is 327 g/mol. The van der Waals surface area contributed by atoms with Gasteiger partial charge in [-0.1, -0.05) is 18.2 Å². The molecule has 0 aliphatic carbocycles. The van der Waals surface area contributed by atoms with Crippen molar-refractivity contribution in [3.05, 3.63) is 59.7 Å². The van der Waals surface area contributed by atoms with Crippen LogP contribution in [0.4, 0.5) is 8.78 Å². The lowest BCUT2D eigenvalue weighted by Gasteiger charge is -2.19. The Labute approximate surface area is 128 Å². The molecule has 0 atom stereocenters. The number of halogens is 2. The van der Waals surface area contributed by atoms with E-state index in [0.717, 1.165) is 16.4 Å². The van der Waals surface area contributed by atoms with Crippen molar-refractivity contribution in [3.8, 4) is 5.75 Å². The van der Waals surface area contributed by atoms with Gasteiger partial charge < -0.3 is 4.74 Å². The maximum Gasteiger partial charge on any atom is 0.246 e. The molecule has 7 heteroatoms. The number of nitrogens with zero attached hydrogens (tertiary/aromatic N) is 1. The van der Waals surface area contributed by atoms with Crippen LogP contribution >= 0.6 is 0 Å². The Morgan fingerprint density at radius 2 is 1.82 bits per heavy atom. The molecule has 2 aromatic rings. The van der Waals surface area contributed by atoms with E-state index in [2.05, 4.69) is 0 Å². The SMILES string of the molecule is COc1ccccc1S(=O)(=O)N(C)Cc1ccc(F)cc1F. The zero-order valence-electron chi connectivity index (χ0n) is 12.1. The molecule has 2 rings (SSSR count). The average Bonchev–Trinajstić information content (AvgIpc) is 2.49. The highest BCUT2D eigenvalue weighted by molar-refractivity contribution is 7.89. The lowest BCUT2D eigenvalue weighted by molar-refractivity contribution is 0.397. The lowest BCUT2D eigenvalue weighted by atomic mass is 10.2.